The van der Waals surface area contributed by atoms with Crippen molar-refractivity contribution < 1.29 is 14.0 Å². The van der Waals surface area contributed by atoms with E-state index in [4.69, 9.17) is 11.6 Å². The number of benzene rings is 3. The fraction of sp³-hybridized carbons (Fsp3) is 0.154. The van der Waals surface area contributed by atoms with Crippen LogP contribution in [0.3, 0.4) is 0 Å². The molecule has 0 radical (unpaired) electrons. The molecule has 32 heavy (non-hydrogen) atoms. The normalized spacial score (nSPS) is 13.8. The Labute approximate surface area is 191 Å². The van der Waals surface area contributed by atoms with Crippen LogP contribution in [-0.2, 0) is 16.1 Å². The summed E-state index contributed by atoms with van der Waals surface area (Å²) in [5.74, 6) is -1.54. The van der Waals surface area contributed by atoms with E-state index >= 15 is 0 Å². The monoisotopic (exact) mass is 448 g/mol. The van der Waals surface area contributed by atoms with Crippen LogP contribution in [0.2, 0.25) is 5.02 Å². The SMILES string of the molecule is Cc1ccc(C2=C(N(C)Cc3ccccc3)C(=O)N(c3ccc(F)c(Cl)c3)C2=O)c(C)c1. The van der Waals surface area contributed by atoms with Crippen LogP contribution >= 0.6 is 11.6 Å². The van der Waals surface area contributed by atoms with E-state index in [9.17, 15) is 14.0 Å². The number of likely N-dealkylation sites (N-methyl/N-ethyl adjacent to an activating group) is 1. The average Bonchev–Trinajstić information content (AvgIpc) is 3.01. The number of imide groups is 1. The van der Waals surface area contributed by atoms with Crippen molar-refractivity contribution in [2.45, 2.75) is 20.4 Å². The third kappa shape index (κ3) is 3.92. The maximum atomic E-state index is 13.7. The fourth-order valence-corrected chi connectivity index (χ4v) is 4.18. The highest BCUT2D eigenvalue weighted by Crippen LogP contribution is 2.37. The van der Waals surface area contributed by atoms with Gasteiger partial charge in [-0.2, -0.15) is 0 Å². The molecule has 0 aromatic heterocycles. The van der Waals surface area contributed by atoms with E-state index in [1.54, 1.807) is 11.9 Å². The fourth-order valence-electron chi connectivity index (χ4n) is 4.00. The second-order valence-electron chi connectivity index (χ2n) is 7.93. The largest absolute Gasteiger partial charge is 0.365 e. The van der Waals surface area contributed by atoms with E-state index in [1.807, 2.05) is 62.4 Å². The third-order valence-electron chi connectivity index (χ3n) is 5.52. The zero-order valence-electron chi connectivity index (χ0n) is 18.0. The van der Waals surface area contributed by atoms with Crippen LogP contribution in [0.1, 0.15) is 22.3 Å². The van der Waals surface area contributed by atoms with Gasteiger partial charge in [0, 0.05) is 13.6 Å². The van der Waals surface area contributed by atoms with E-state index in [0.29, 0.717) is 23.4 Å². The molecule has 4 nitrogen and oxygen atoms in total. The van der Waals surface area contributed by atoms with Gasteiger partial charge in [0.15, 0.2) is 0 Å². The zero-order chi connectivity index (χ0) is 23.0. The first-order chi connectivity index (χ1) is 15.3. The minimum atomic E-state index is -0.613. The van der Waals surface area contributed by atoms with Crippen LogP contribution in [-0.4, -0.2) is 23.8 Å². The lowest BCUT2D eigenvalue weighted by molar-refractivity contribution is -0.120. The van der Waals surface area contributed by atoms with Crippen LogP contribution in [0.25, 0.3) is 5.57 Å². The van der Waals surface area contributed by atoms with Gasteiger partial charge < -0.3 is 4.90 Å². The Morgan fingerprint density at radius 1 is 0.938 bits per heavy atom. The standard InChI is InChI=1S/C26H22ClFN2O2/c1-16-9-11-20(17(2)13-16)23-24(29(3)15-18-7-5-4-6-8-18)26(32)30(25(23)31)19-10-12-22(28)21(27)14-19/h4-14H,15H2,1-3H3. The van der Waals surface area contributed by atoms with Gasteiger partial charge in [-0.05, 0) is 48.7 Å². The number of carbonyl (C=O) groups is 2. The van der Waals surface area contributed by atoms with E-state index in [1.165, 1.54) is 12.1 Å². The maximum Gasteiger partial charge on any atom is 0.282 e. The summed E-state index contributed by atoms with van der Waals surface area (Å²) >= 11 is 5.94. The van der Waals surface area contributed by atoms with Crippen molar-refractivity contribution in [1.82, 2.24) is 4.90 Å². The van der Waals surface area contributed by atoms with E-state index in [-0.39, 0.29) is 10.7 Å². The number of rotatable bonds is 5. The molecular formula is C26H22ClFN2O2. The van der Waals surface area contributed by atoms with Crippen molar-refractivity contribution in [3.8, 4) is 0 Å². The Morgan fingerprint density at radius 2 is 1.66 bits per heavy atom. The molecule has 4 rings (SSSR count). The molecule has 2 amide bonds. The minimum absolute atomic E-state index is 0.151. The first-order valence-electron chi connectivity index (χ1n) is 10.2. The number of carbonyl (C=O) groups excluding carboxylic acids is 2. The summed E-state index contributed by atoms with van der Waals surface area (Å²) in [5, 5.41) is -0.151. The van der Waals surface area contributed by atoms with Gasteiger partial charge in [-0.1, -0.05) is 65.7 Å². The molecule has 1 heterocycles. The van der Waals surface area contributed by atoms with Crippen LogP contribution in [0, 0.1) is 19.7 Å². The minimum Gasteiger partial charge on any atom is -0.365 e. The highest BCUT2D eigenvalue weighted by atomic mass is 35.5. The summed E-state index contributed by atoms with van der Waals surface area (Å²) in [6, 6.07) is 19.3. The molecule has 0 fully saturated rings. The summed E-state index contributed by atoms with van der Waals surface area (Å²) in [6.07, 6.45) is 0. The molecule has 0 unspecified atom stereocenters. The first kappa shape index (κ1) is 21.8. The smallest absolute Gasteiger partial charge is 0.282 e. The predicted octanol–water partition coefficient (Wildman–Crippen LogP) is 5.51. The molecule has 0 atom stereocenters. The molecule has 0 N–H and O–H groups in total. The Kier molecular flexibility index (Phi) is 5.85. The molecule has 0 saturated carbocycles. The zero-order valence-corrected chi connectivity index (χ0v) is 18.8. The Hall–Kier alpha value is -3.44. The molecule has 0 bridgehead atoms. The summed E-state index contributed by atoms with van der Waals surface area (Å²) in [6.45, 7) is 4.34. The van der Waals surface area contributed by atoms with Gasteiger partial charge in [0.05, 0.1) is 16.3 Å². The topological polar surface area (TPSA) is 40.6 Å². The lowest BCUT2D eigenvalue weighted by Crippen LogP contribution is -2.34. The number of anilines is 1. The number of halogens is 2. The average molecular weight is 449 g/mol. The first-order valence-corrected chi connectivity index (χ1v) is 10.6. The van der Waals surface area contributed by atoms with Crippen molar-refractivity contribution in [1.29, 1.82) is 0 Å². The predicted molar refractivity (Wildman–Crippen MR) is 125 cm³/mol. The lowest BCUT2D eigenvalue weighted by atomic mass is 9.97. The van der Waals surface area contributed by atoms with Gasteiger partial charge in [-0.3, -0.25) is 9.59 Å². The molecule has 3 aromatic rings. The third-order valence-corrected chi connectivity index (χ3v) is 5.81. The summed E-state index contributed by atoms with van der Waals surface area (Å²) in [5.41, 5.74) is 4.51. The molecule has 0 aliphatic carbocycles. The number of aryl methyl sites for hydroxylation is 2. The Morgan fingerprint density at radius 3 is 2.31 bits per heavy atom. The van der Waals surface area contributed by atoms with E-state index in [0.717, 1.165) is 27.7 Å². The number of hydrogen-bond donors (Lipinski definition) is 0. The van der Waals surface area contributed by atoms with E-state index < -0.39 is 17.6 Å². The molecule has 1 aliphatic heterocycles. The van der Waals surface area contributed by atoms with Crippen LogP contribution in [0.15, 0.2) is 72.4 Å². The van der Waals surface area contributed by atoms with Crippen LogP contribution in [0.4, 0.5) is 10.1 Å². The number of nitrogens with zero attached hydrogens (tertiary/aromatic N) is 2. The van der Waals surface area contributed by atoms with Crippen molar-refractivity contribution in [2.75, 3.05) is 11.9 Å². The Balaban J connectivity index is 1.84. The summed E-state index contributed by atoms with van der Waals surface area (Å²) in [4.78, 5) is 30.0. The highest BCUT2D eigenvalue weighted by Gasteiger charge is 2.42. The van der Waals surface area contributed by atoms with Crippen molar-refractivity contribution in [3.05, 3.63) is 106 Å². The molecule has 6 heteroatoms. The number of amides is 2. The Bertz CT molecular complexity index is 1250. The van der Waals surface area contributed by atoms with Gasteiger partial charge in [0.1, 0.15) is 11.5 Å². The highest BCUT2D eigenvalue weighted by molar-refractivity contribution is 6.45. The molecule has 0 saturated heterocycles. The quantitative estimate of drug-likeness (QED) is 0.483. The second kappa shape index (κ2) is 8.60. The van der Waals surface area contributed by atoms with Gasteiger partial charge in [-0.15, -0.1) is 0 Å². The molecular weight excluding hydrogens is 427 g/mol. The van der Waals surface area contributed by atoms with Crippen molar-refractivity contribution >= 4 is 34.7 Å². The maximum absolute atomic E-state index is 13.7. The van der Waals surface area contributed by atoms with Gasteiger partial charge in [0.25, 0.3) is 11.8 Å². The molecule has 0 spiro atoms. The van der Waals surface area contributed by atoms with Gasteiger partial charge >= 0.3 is 0 Å². The molecule has 162 valence electrons. The second-order valence-corrected chi connectivity index (χ2v) is 8.33. The molecule has 1 aliphatic rings. The summed E-state index contributed by atoms with van der Waals surface area (Å²) < 4.78 is 13.7. The van der Waals surface area contributed by atoms with Gasteiger partial charge in [-0.25, -0.2) is 9.29 Å². The lowest BCUT2D eigenvalue weighted by Gasteiger charge is -2.22. The van der Waals surface area contributed by atoms with Crippen molar-refractivity contribution in [3.63, 3.8) is 0 Å². The van der Waals surface area contributed by atoms with Crippen molar-refractivity contribution in [2.24, 2.45) is 0 Å². The van der Waals surface area contributed by atoms with Crippen LogP contribution in [0.5, 0.6) is 0 Å². The van der Waals surface area contributed by atoms with E-state index in [2.05, 4.69) is 0 Å². The van der Waals surface area contributed by atoms with Crippen LogP contribution < -0.4 is 4.90 Å². The number of hydrogen-bond acceptors (Lipinski definition) is 3. The summed E-state index contributed by atoms with van der Waals surface area (Å²) in [7, 11) is 1.79. The molecule has 3 aromatic carbocycles. The van der Waals surface area contributed by atoms with Gasteiger partial charge in [0.2, 0.25) is 0 Å².